The van der Waals surface area contributed by atoms with E-state index in [1.807, 2.05) is 0 Å². The van der Waals surface area contributed by atoms with Crippen molar-refractivity contribution in [3.05, 3.63) is 34.1 Å². The molecule has 0 aliphatic heterocycles. The number of nitro groups is 1. The maximum atomic E-state index is 13.4. The SMILES string of the molecule is CCC(O)CCNS(=O)(=O)c1cccc(F)c1[N+](=O)[O-]. The monoisotopic (exact) mass is 306 g/mol. The van der Waals surface area contributed by atoms with E-state index in [0.717, 1.165) is 18.2 Å². The van der Waals surface area contributed by atoms with Gasteiger partial charge in [-0.05, 0) is 25.0 Å². The molecule has 112 valence electrons. The van der Waals surface area contributed by atoms with Crippen molar-refractivity contribution in [1.82, 2.24) is 4.72 Å². The standard InChI is InChI=1S/C11H15FN2O5S/c1-2-8(15)6-7-13-20(18,19)10-5-3-4-9(12)11(10)14(16)17/h3-5,8,13,15H,2,6-7H2,1H3. The summed E-state index contributed by atoms with van der Waals surface area (Å²) in [5.41, 5.74) is -1.09. The Bertz CT molecular complexity index is 590. The van der Waals surface area contributed by atoms with Crippen LogP contribution >= 0.6 is 0 Å². The number of aliphatic hydroxyl groups excluding tert-OH is 1. The van der Waals surface area contributed by atoms with Crippen molar-refractivity contribution in [2.75, 3.05) is 6.54 Å². The van der Waals surface area contributed by atoms with Crippen LogP contribution in [0.5, 0.6) is 0 Å². The number of nitrogens with one attached hydrogen (secondary N) is 1. The first-order valence-electron chi connectivity index (χ1n) is 5.90. The van der Waals surface area contributed by atoms with Gasteiger partial charge in [0.15, 0.2) is 4.90 Å². The van der Waals surface area contributed by atoms with E-state index in [-0.39, 0.29) is 13.0 Å². The molecular formula is C11H15FN2O5S. The minimum absolute atomic E-state index is 0.0923. The molecule has 1 aromatic rings. The lowest BCUT2D eigenvalue weighted by molar-refractivity contribution is -0.390. The summed E-state index contributed by atoms with van der Waals surface area (Å²) in [6.07, 6.45) is -0.0408. The molecule has 1 unspecified atom stereocenters. The quantitative estimate of drug-likeness (QED) is 0.580. The van der Waals surface area contributed by atoms with Crippen LogP contribution < -0.4 is 4.72 Å². The van der Waals surface area contributed by atoms with Crippen LogP contribution in [0.4, 0.5) is 10.1 Å². The van der Waals surface area contributed by atoms with E-state index in [9.17, 15) is 28.0 Å². The molecule has 0 aliphatic carbocycles. The minimum atomic E-state index is -4.21. The summed E-state index contributed by atoms with van der Waals surface area (Å²) in [4.78, 5) is 8.94. The number of halogens is 1. The van der Waals surface area contributed by atoms with Crippen LogP contribution in [0.25, 0.3) is 0 Å². The first kappa shape index (κ1) is 16.5. The minimum Gasteiger partial charge on any atom is -0.393 e. The van der Waals surface area contributed by atoms with Gasteiger partial charge in [0, 0.05) is 6.54 Å². The fourth-order valence-electron chi connectivity index (χ4n) is 1.53. The molecular weight excluding hydrogens is 291 g/mol. The lowest BCUT2D eigenvalue weighted by Crippen LogP contribution is -2.28. The van der Waals surface area contributed by atoms with Crippen LogP contribution in [0.1, 0.15) is 19.8 Å². The zero-order valence-corrected chi connectivity index (χ0v) is 11.6. The fourth-order valence-corrected chi connectivity index (χ4v) is 2.76. The highest BCUT2D eigenvalue weighted by molar-refractivity contribution is 7.89. The van der Waals surface area contributed by atoms with Crippen molar-refractivity contribution in [3.8, 4) is 0 Å². The molecule has 0 fully saturated rings. The summed E-state index contributed by atoms with van der Waals surface area (Å²) in [7, 11) is -4.21. The largest absolute Gasteiger partial charge is 0.393 e. The molecule has 0 spiro atoms. The highest BCUT2D eigenvalue weighted by Gasteiger charge is 2.29. The van der Waals surface area contributed by atoms with Crippen molar-refractivity contribution < 1.29 is 22.8 Å². The van der Waals surface area contributed by atoms with E-state index in [1.54, 1.807) is 6.92 Å². The second kappa shape index (κ2) is 6.73. The number of hydrogen-bond acceptors (Lipinski definition) is 5. The van der Waals surface area contributed by atoms with Crippen LogP contribution in [-0.2, 0) is 10.0 Å². The molecule has 0 bridgehead atoms. The normalized spacial score (nSPS) is 13.2. The summed E-state index contributed by atoms with van der Waals surface area (Å²) < 4.78 is 39.3. The number of nitrogens with zero attached hydrogens (tertiary/aromatic N) is 1. The summed E-state index contributed by atoms with van der Waals surface area (Å²) >= 11 is 0. The third-order valence-electron chi connectivity index (χ3n) is 2.66. The van der Waals surface area contributed by atoms with Crippen molar-refractivity contribution in [3.63, 3.8) is 0 Å². The van der Waals surface area contributed by atoms with Gasteiger partial charge in [-0.15, -0.1) is 0 Å². The Morgan fingerprint density at radius 3 is 2.70 bits per heavy atom. The first-order valence-corrected chi connectivity index (χ1v) is 7.38. The van der Waals surface area contributed by atoms with Crippen LogP contribution in [0.15, 0.2) is 23.1 Å². The van der Waals surface area contributed by atoms with Crippen molar-refractivity contribution >= 4 is 15.7 Å². The Hall–Kier alpha value is -1.58. The maximum Gasteiger partial charge on any atom is 0.324 e. The lowest BCUT2D eigenvalue weighted by Gasteiger charge is -2.10. The van der Waals surface area contributed by atoms with Gasteiger partial charge in [-0.25, -0.2) is 13.1 Å². The Morgan fingerprint density at radius 2 is 2.15 bits per heavy atom. The molecule has 1 rings (SSSR count). The number of sulfonamides is 1. The molecule has 2 N–H and O–H groups in total. The molecule has 1 atom stereocenters. The highest BCUT2D eigenvalue weighted by atomic mass is 32.2. The fraction of sp³-hybridized carbons (Fsp3) is 0.455. The van der Waals surface area contributed by atoms with Gasteiger partial charge in [-0.2, -0.15) is 4.39 Å². The average Bonchev–Trinajstić information content (AvgIpc) is 2.37. The van der Waals surface area contributed by atoms with Gasteiger partial charge < -0.3 is 5.11 Å². The smallest absolute Gasteiger partial charge is 0.324 e. The van der Waals surface area contributed by atoms with Crippen molar-refractivity contribution in [2.24, 2.45) is 0 Å². The van der Waals surface area contributed by atoms with Crippen molar-refractivity contribution in [2.45, 2.75) is 30.8 Å². The van der Waals surface area contributed by atoms with Crippen LogP contribution in [0, 0.1) is 15.9 Å². The molecule has 0 aliphatic rings. The summed E-state index contributed by atoms with van der Waals surface area (Å²) in [6.45, 7) is 1.64. The van der Waals surface area contributed by atoms with Crippen LogP contribution in [0.3, 0.4) is 0 Å². The van der Waals surface area contributed by atoms with Gasteiger partial charge in [0.25, 0.3) is 0 Å². The molecule has 20 heavy (non-hydrogen) atoms. The topological polar surface area (TPSA) is 110 Å². The molecule has 0 heterocycles. The second-order valence-corrected chi connectivity index (χ2v) is 5.83. The van der Waals surface area contributed by atoms with Crippen LogP contribution in [-0.4, -0.2) is 31.1 Å². The van der Waals surface area contributed by atoms with Crippen molar-refractivity contribution in [1.29, 1.82) is 0 Å². The molecule has 0 amide bonds. The highest BCUT2D eigenvalue weighted by Crippen LogP contribution is 2.26. The number of rotatable bonds is 7. The molecule has 7 nitrogen and oxygen atoms in total. The Morgan fingerprint density at radius 1 is 1.50 bits per heavy atom. The zero-order chi connectivity index (χ0) is 15.3. The predicted molar refractivity (Wildman–Crippen MR) is 69.2 cm³/mol. The number of nitro benzene ring substituents is 1. The van der Waals surface area contributed by atoms with E-state index in [2.05, 4.69) is 4.72 Å². The Kier molecular flexibility index (Phi) is 5.54. The number of aliphatic hydroxyl groups is 1. The second-order valence-electron chi connectivity index (χ2n) is 4.09. The summed E-state index contributed by atoms with van der Waals surface area (Å²) in [5.74, 6) is -1.22. The first-order chi connectivity index (χ1) is 9.29. The van der Waals surface area contributed by atoms with E-state index < -0.39 is 37.5 Å². The van der Waals surface area contributed by atoms with E-state index >= 15 is 0 Å². The molecule has 0 aromatic heterocycles. The number of hydrogen-bond donors (Lipinski definition) is 2. The van der Waals surface area contributed by atoms with E-state index in [1.165, 1.54) is 0 Å². The Balaban J connectivity index is 2.99. The molecule has 0 radical (unpaired) electrons. The predicted octanol–water partition coefficient (Wildman–Crippen LogP) is 1.17. The Labute approximate surface area is 115 Å². The zero-order valence-electron chi connectivity index (χ0n) is 10.7. The molecule has 0 saturated heterocycles. The van der Waals surface area contributed by atoms with E-state index in [4.69, 9.17) is 0 Å². The molecule has 1 aromatic carbocycles. The van der Waals surface area contributed by atoms with E-state index in [0.29, 0.717) is 6.42 Å². The summed E-state index contributed by atoms with van der Waals surface area (Å²) in [5, 5.41) is 20.1. The summed E-state index contributed by atoms with van der Waals surface area (Å²) in [6, 6.07) is 2.86. The average molecular weight is 306 g/mol. The van der Waals surface area contributed by atoms with Crippen LogP contribution in [0.2, 0.25) is 0 Å². The van der Waals surface area contributed by atoms with Gasteiger partial charge >= 0.3 is 5.69 Å². The molecule has 0 saturated carbocycles. The third-order valence-corrected chi connectivity index (χ3v) is 4.16. The van der Waals surface area contributed by atoms with Gasteiger partial charge in [0.05, 0.1) is 11.0 Å². The van der Waals surface area contributed by atoms with Gasteiger partial charge in [-0.3, -0.25) is 10.1 Å². The maximum absolute atomic E-state index is 13.4. The number of benzene rings is 1. The third kappa shape index (κ3) is 3.95. The number of para-hydroxylation sites is 1. The van der Waals surface area contributed by atoms with Gasteiger partial charge in [0.2, 0.25) is 15.8 Å². The van der Waals surface area contributed by atoms with Gasteiger partial charge in [0.1, 0.15) is 0 Å². The lowest BCUT2D eigenvalue weighted by atomic mass is 10.2. The molecule has 9 heteroatoms. The van der Waals surface area contributed by atoms with Gasteiger partial charge in [-0.1, -0.05) is 13.0 Å².